The van der Waals surface area contributed by atoms with E-state index in [-0.39, 0.29) is 0 Å². The Labute approximate surface area is 91.2 Å². The van der Waals surface area contributed by atoms with E-state index in [2.05, 4.69) is 21.4 Å². The molecule has 5 heteroatoms. The molecule has 76 valence electrons. The van der Waals surface area contributed by atoms with Crippen molar-refractivity contribution in [3.05, 3.63) is 23.1 Å². The molecule has 0 saturated heterocycles. The van der Waals surface area contributed by atoms with E-state index in [0.29, 0.717) is 5.95 Å². The van der Waals surface area contributed by atoms with Crippen molar-refractivity contribution >= 4 is 23.1 Å². The molecule has 0 spiro atoms. The van der Waals surface area contributed by atoms with Gasteiger partial charge in [0.25, 0.3) is 0 Å². The number of thiophene rings is 1. The summed E-state index contributed by atoms with van der Waals surface area (Å²) in [6.07, 6.45) is 0.975. The molecule has 0 saturated carbocycles. The second kappa shape index (κ2) is 3.20. The minimum absolute atomic E-state index is 0.339. The number of nitrogens with zero attached hydrogens (tertiary/aromatic N) is 2. The SMILES string of the molecule is Nc1nc2c(c(-c3cccs3)n1)CCN2. The van der Waals surface area contributed by atoms with E-state index in [9.17, 15) is 0 Å². The van der Waals surface area contributed by atoms with E-state index in [1.54, 1.807) is 11.3 Å². The summed E-state index contributed by atoms with van der Waals surface area (Å²) in [6.45, 7) is 0.922. The lowest BCUT2D eigenvalue weighted by Gasteiger charge is -2.05. The largest absolute Gasteiger partial charge is 0.369 e. The van der Waals surface area contributed by atoms with Crippen molar-refractivity contribution in [3.63, 3.8) is 0 Å². The lowest BCUT2D eigenvalue weighted by molar-refractivity contribution is 1.10. The van der Waals surface area contributed by atoms with Crippen molar-refractivity contribution in [1.29, 1.82) is 0 Å². The van der Waals surface area contributed by atoms with Gasteiger partial charge in [-0.3, -0.25) is 0 Å². The highest BCUT2D eigenvalue weighted by atomic mass is 32.1. The number of nitrogens with two attached hydrogens (primary N) is 1. The maximum atomic E-state index is 5.68. The zero-order chi connectivity index (χ0) is 10.3. The molecule has 4 nitrogen and oxygen atoms in total. The third-order valence-corrected chi connectivity index (χ3v) is 3.32. The van der Waals surface area contributed by atoms with Crippen LogP contribution in [0.2, 0.25) is 0 Å². The van der Waals surface area contributed by atoms with Gasteiger partial charge in [-0.1, -0.05) is 6.07 Å². The average Bonchev–Trinajstić information content (AvgIpc) is 2.86. The Bertz CT molecular complexity index is 492. The highest BCUT2D eigenvalue weighted by molar-refractivity contribution is 7.13. The predicted molar refractivity (Wildman–Crippen MR) is 62.0 cm³/mol. The first kappa shape index (κ1) is 8.67. The monoisotopic (exact) mass is 218 g/mol. The first-order chi connectivity index (χ1) is 7.34. The standard InChI is InChI=1S/C10H10N4S/c11-10-13-8(7-2-1-5-15-7)6-3-4-12-9(6)14-10/h1-2,5H,3-4H2,(H3,11,12,13,14). The fraction of sp³-hybridized carbons (Fsp3) is 0.200. The first-order valence-electron chi connectivity index (χ1n) is 4.79. The molecule has 15 heavy (non-hydrogen) atoms. The summed E-state index contributed by atoms with van der Waals surface area (Å²) in [5, 5.41) is 5.26. The molecule has 3 N–H and O–H groups in total. The molecule has 0 unspecified atom stereocenters. The minimum Gasteiger partial charge on any atom is -0.369 e. The van der Waals surface area contributed by atoms with Crippen LogP contribution < -0.4 is 11.1 Å². The number of nitrogens with one attached hydrogen (secondary N) is 1. The average molecular weight is 218 g/mol. The van der Waals surface area contributed by atoms with Crippen LogP contribution in [0.5, 0.6) is 0 Å². The third kappa shape index (κ3) is 1.35. The van der Waals surface area contributed by atoms with Gasteiger partial charge in [0.15, 0.2) is 0 Å². The highest BCUT2D eigenvalue weighted by Crippen LogP contribution is 2.32. The summed E-state index contributed by atoms with van der Waals surface area (Å²) in [6, 6.07) is 4.08. The third-order valence-electron chi connectivity index (χ3n) is 2.45. The number of anilines is 2. The van der Waals surface area contributed by atoms with Crippen LogP contribution in [0.1, 0.15) is 5.56 Å². The quantitative estimate of drug-likeness (QED) is 0.765. The van der Waals surface area contributed by atoms with Crippen LogP contribution in [-0.2, 0) is 6.42 Å². The van der Waals surface area contributed by atoms with Gasteiger partial charge < -0.3 is 11.1 Å². The summed E-state index contributed by atoms with van der Waals surface area (Å²) in [5.41, 5.74) is 7.85. The van der Waals surface area contributed by atoms with Gasteiger partial charge >= 0.3 is 0 Å². The lowest BCUT2D eigenvalue weighted by atomic mass is 10.1. The fourth-order valence-corrected chi connectivity index (χ4v) is 2.55. The second-order valence-electron chi connectivity index (χ2n) is 3.41. The Morgan fingerprint density at radius 2 is 2.33 bits per heavy atom. The minimum atomic E-state index is 0.339. The van der Waals surface area contributed by atoms with Crippen LogP contribution >= 0.6 is 11.3 Å². The topological polar surface area (TPSA) is 63.8 Å². The number of nitrogen functional groups attached to an aromatic ring is 1. The molecular formula is C10H10N4S. The molecule has 0 amide bonds. The predicted octanol–water partition coefficient (Wildman–Crippen LogP) is 1.76. The molecule has 3 rings (SSSR count). The van der Waals surface area contributed by atoms with Crippen molar-refractivity contribution in [2.75, 3.05) is 17.6 Å². The van der Waals surface area contributed by atoms with Crippen LogP contribution in [0.4, 0.5) is 11.8 Å². The van der Waals surface area contributed by atoms with Crippen molar-refractivity contribution in [1.82, 2.24) is 9.97 Å². The molecule has 2 aromatic rings. The Morgan fingerprint density at radius 1 is 1.40 bits per heavy atom. The van der Waals surface area contributed by atoms with E-state index >= 15 is 0 Å². The highest BCUT2D eigenvalue weighted by Gasteiger charge is 2.19. The molecule has 0 aromatic carbocycles. The summed E-state index contributed by atoms with van der Waals surface area (Å²) in [7, 11) is 0. The molecule has 0 aliphatic carbocycles. The van der Waals surface area contributed by atoms with Crippen LogP contribution in [0.15, 0.2) is 17.5 Å². The fourth-order valence-electron chi connectivity index (χ4n) is 1.81. The Hall–Kier alpha value is -1.62. The molecule has 0 bridgehead atoms. The normalized spacial score (nSPS) is 13.6. The van der Waals surface area contributed by atoms with Crippen molar-refractivity contribution < 1.29 is 0 Å². The number of rotatable bonds is 1. The van der Waals surface area contributed by atoms with Crippen molar-refractivity contribution in [3.8, 4) is 10.6 Å². The van der Waals surface area contributed by atoms with Gasteiger partial charge in [0, 0.05) is 12.1 Å². The summed E-state index contributed by atoms with van der Waals surface area (Å²) < 4.78 is 0. The van der Waals surface area contributed by atoms with Gasteiger partial charge in [0.05, 0.1) is 10.6 Å². The number of hydrogen-bond acceptors (Lipinski definition) is 5. The van der Waals surface area contributed by atoms with E-state index in [4.69, 9.17) is 5.73 Å². The maximum Gasteiger partial charge on any atom is 0.222 e. The van der Waals surface area contributed by atoms with Crippen molar-refractivity contribution in [2.24, 2.45) is 0 Å². The Kier molecular flexibility index (Phi) is 1.85. The molecule has 0 fully saturated rings. The van der Waals surface area contributed by atoms with Gasteiger partial charge in [0.1, 0.15) is 5.82 Å². The zero-order valence-corrected chi connectivity index (χ0v) is 8.84. The van der Waals surface area contributed by atoms with Gasteiger partial charge in [-0.2, -0.15) is 4.98 Å². The van der Waals surface area contributed by atoms with E-state index in [1.807, 2.05) is 11.4 Å². The Balaban J connectivity index is 2.23. The zero-order valence-electron chi connectivity index (χ0n) is 8.03. The molecule has 0 atom stereocenters. The number of hydrogen-bond donors (Lipinski definition) is 2. The summed E-state index contributed by atoms with van der Waals surface area (Å²) in [4.78, 5) is 9.67. The van der Waals surface area contributed by atoms with E-state index < -0.39 is 0 Å². The molecule has 1 aliphatic heterocycles. The van der Waals surface area contributed by atoms with Crippen LogP contribution in [0.3, 0.4) is 0 Å². The maximum absolute atomic E-state index is 5.68. The number of aromatic nitrogens is 2. The molecule has 1 aliphatic rings. The van der Waals surface area contributed by atoms with Gasteiger partial charge in [-0.25, -0.2) is 4.98 Å². The molecule has 3 heterocycles. The van der Waals surface area contributed by atoms with E-state index in [0.717, 1.165) is 29.4 Å². The summed E-state index contributed by atoms with van der Waals surface area (Å²) in [5.74, 6) is 1.23. The molecule has 2 aromatic heterocycles. The second-order valence-corrected chi connectivity index (χ2v) is 4.36. The van der Waals surface area contributed by atoms with E-state index in [1.165, 1.54) is 5.56 Å². The molecular weight excluding hydrogens is 208 g/mol. The summed E-state index contributed by atoms with van der Waals surface area (Å²) >= 11 is 1.68. The van der Waals surface area contributed by atoms with Gasteiger partial charge in [-0.05, 0) is 17.9 Å². The first-order valence-corrected chi connectivity index (χ1v) is 5.67. The van der Waals surface area contributed by atoms with Crippen molar-refractivity contribution in [2.45, 2.75) is 6.42 Å². The Morgan fingerprint density at radius 3 is 3.13 bits per heavy atom. The van der Waals surface area contributed by atoms with Crippen LogP contribution in [0.25, 0.3) is 10.6 Å². The lowest BCUT2D eigenvalue weighted by Crippen LogP contribution is -2.00. The number of fused-ring (bicyclic) bond motifs is 1. The van der Waals surface area contributed by atoms with Gasteiger partial charge in [-0.15, -0.1) is 11.3 Å². The molecule has 0 radical (unpaired) electrons. The van der Waals surface area contributed by atoms with Crippen LogP contribution in [-0.4, -0.2) is 16.5 Å². The smallest absolute Gasteiger partial charge is 0.222 e. The van der Waals surface area contributed by atoms with Gasteiger partial charge in [0.2, 0.25) is 5.95 Å². The van der Waals surface area contributed by atoms with Crippen LogP contribution in [0, 0.1) is 0 Å².